The molecule has 1 heterocycles. The summed E-state index contributed by atoms with van der Waals surface area (Å²) in [6.07, 6.45) is 0.823. The Labute approximate surface area is 92.7 Å². The molecule has 0 bridgehead atoms. The van der Waals surface area contributed by atoms with E-state index in [9.17, 15) is 8.42 Å². The minimum atomic E-state index is -3.79. The van der Waals surface area contributed by atoms with Crippen molar-refractivity contribution in [2.75, 3.05) is 0 Å². The second kappa shape index (κ2) is 4.64. The average molecular weight is 248 g/mol. The van der Waals surface area contributed by atoms with E-state index in [-0.39, 0.29) is 18.0 Å². The van der Waals surface area contributed by atoms with Crippen LogP contribution in [0, 0.1) is 11.3 Å². The molecule has 0 spiro atoms. The first kappa shape index (κ1) is 12.0. The number of aryl methyl sites for hydroxylation is 2. The normalized spacial score (nSPS) is 11.3. The molecule has 1 aromatic heterocycles. The highest BCUT2D eigenvalue weighted by molar-refractivity contribution is 8.13. The fourth-order valence-corrected chi connectivity index (χ4v) is 2.17. The third kappa shape index (κ3) is 2.94. The van der Waals surface area contributed by atoms with Gasteiger partial charge >= 0.3 is 0 Å². The molecule has 82 valence electrons. The van der Waals surface area contributed by atoms with Gasteiger partial charge in [0.15, 0.2) is 5.03 Å². The molecule has 0 aliphatic rings. The van der Waals surface area contributed by atoms with E-state index in [0.29, 0.717) is 12.1 Å². The number of rotatable bonds is 4. The molecule has 0 aliphatic heterocycles. The standard InChI is InChI=1S/C8H10ClN3O2S/c1-2-7-6-8(15(9,13)14)12(11-7)5-3-4-10/h6H,2-3,5H2,1H3. The minimum Gasteiger partial charge on any atom is -0.252 e. The predicted molar refractivity (Wildman–Crippen MR) is 54.9 cm³/mol. The van der Waals surface area contributed by atoms with Gasteiger partial charge in [0.2, 0.25) is 0 Å². The summed E-state index contributed by atoms with van der Waals surface area (Å²) in [5.74, 6) is 0. The van der Waals surface area contributed by atoms with Gasteiger partial charge in [-0.05, 0) is 12.5 Å². The van der Waals surface area contributed by atoms with Gasteiger partial charge < -0.3 is 0 Å². The van der Waals surface area contributed by atoms with E-state index in [1.807, 2.05) is 13.0 Å². The van der Waals surface area contributed by atoms with Crippen LogP contribution in [0.5, 0.6) is 0 Å². The number of hydrogen-bond donors (Lipinski definition) is 0. The van der Waals surface area contributed by atoms with Crippen molar-refractivity contribution < 1.29 is 8.42 Å². The monoisotopic (exact) mass is 247 g/mol. The summed E-state index contributed by atoms with van der Waals surface area (Å²) in [6, 6.07) is 3.35. The van der Waals surface area contributed by atoms with E-state index < -0.39 is 9.05 Å². The lowest BCUT2D eigenvalue weighted by Gasteiger charge is -2.00. The molecular formula is C8H10ClN3O2S. The first-order chi connectivity index (χ1) is 6.99. The van der Waals surface area contributed by atoms with E-state index in [0.717, 1.165) is 0 Å². The molecule has 0 unspecified atom stereocenters. The molecule has 0 saturated heterocycles. The zero-order valence-electron chi connectivity index (χ0n) is 8.14. The molecule has 1 rings (SSSR count). The fraction of sp³-hybridized carbons (Fsp3) is 0.500. The fourth-order valence-electron chi connectivity index (χ4n) is 1.14. The number of hydrogen-bond acceptors (Lipinski definition) is 4. The highest BCUT2D eigenvalue weighted by Gasteiger charge is 2.18. The Kier molecular flexibility index (Phi) is 3.72. The summed E-state index contributed by atoms with van der Waals surface area (Å²) in [5, 5.41) is 12.4. The van der Waals surface area contributed by atoms with Crippen LogP contribution in [-0.4, -0.2) is 18.2 Å². The number of halogens is 1. The first-order valence-corrected chi connectivity index (χ1v) is 6.68. The van der Waals surface area contributed by atoms with E-state index in [1.165, 1.54) is 10.7 Å². The third-order valence-corrected chi connectivity index (χ3v) is 3.14. The SMILES string of the molecule is CCc1cc(S(=O)(=O)Cl)n(CCC#N)n1. The quantitative estimate of drug-likeness (QED) is 0.752. The summed E-state index contributed by atoms with van der Waals surface area (Å²) in [4.78, 5) is 0. The summed E-state index contributed by atoms with van der Waals surface area (Å²) in [6.45, 7) is 2.10. The van der Waals surface area contributed by atoms with Crippen molar-refractivity contribution in [3.05, 3.63) is 11.8 Å². The van der Waals surface area contributed by atoms with Gasteiger partial charge in [-0.1, -0.05) is 6.92 Å². The lowest BCUT2D eigenvalue weighted by Crippen LogP contribution is -2.06. The smallest absolute Gasteiger partial charge is 0.252 e. The average Bonchev–Trinajstić information content (AvgIpc) is 2.57. The van der Waals surface area contributed by atoms with Crippen LogP contribution in [0.3, 0.4) is 0 Å². The van der Waals surface area contributed by atoms with Gasteiger partial charge in [-0.3, -0.25) is 4.68 Å². The Morgan fingerprint density at radius 2 is 2.33 bits per heavy atom. The van der Waals surface area contributed by atoms with Crippen molar-refractivity contribution in [3.63, 3.8) is 0 Å². The maximum Gasteiger partial charge on any atom is 0.278 e. The third-order valence-electron chi connectivity index (χ3n) is 1.84. The maximum atomic E-state index is 11.2. The van der Waals surface area contributed by atoms with E-state index in [2.05, 4.69) is 5.10 Å². The molecule has 7 heteroatoms. The number of nitrogens with zero attached hydrogens (tertiary/aromatic N) is 3. The Balaban J connectivity index is 3.13. The predicted octanol–water partition coefficient (Wildman–Crippen LogP) is 1.29. The summed E-state index contributed by atoms with van der Waals surface area (Å²) in [7, 11) is 1.45. The maximum absolute atomic E-state index is 11.2. The lowest BCUT2D eigenvalue weighted by molar-refractivity contribution is 0.546. The van der Waals surface area contributed by atoms with Crippen LogP contribution in [0.15, 0.2) is 11.1 Å². The second-order valence-corrected chi connectivity index (χ2v) is 5.41. The van der Waals surface area contributed by atoms with Gasteiger partial charge in [-0.2, -0.15) is 10.4 Å². The lowest BCUT2D eigenvalue weighted by atomic mass is 10.3. The molecule has 0 radical (unpaired) electrons. The molecular weight excluding hydrogens is 238 g/mol. The molecule has 0 amide bonds. The first-order valence-electron chi connectivity index (χ1n) is 4.37. The van der Waals surface area contributed by atoms with Gasteiger partial charge in [0.25, 0.3) is 9.05 Å². The Morgan fingerprint density at radius 3 is 2.80 bits per heavy atom. The zero-order chi connectivity index (χ0) is 11.5. The van der Waals surface area contributed by atoms with Crippen molar-refractivity contribution in [2.24, 2.45) is 0 Å². The van der Waals surface area contributed by atoms with Gasteiger partial charge in [0, 0.05) is 10.7 Å². The minimum absolute atomic E-state index is 0.0451. The van der Waals surface area contributed by atoms with Gasteiger partial charge in [0.05, 0.1) is 24.7 Å². The van der Waals surface area contributed by atoms with E-state index in [4.69, 9.17) is 15.9 Å². The number of aromatic nitrogens is 2. The van der Waals surface area contributed by atoms with Crippen molar-refractivity contribution in [3.8, 4) is 6.07 Å². The molecule has 0 fully saturated rings. The highest BCUT2D eigenvalue weighted by atomic mass is 35.7. The second-order valence-electron chi connectivity index (χ2n) is 2.90. The molecule has 0 atom stereocenters. The van der Waals surface area contributed by atoms with Crippen molar-refractivity contribution in [1.29, 1.82) is 5.26 Å². The summed E-state index contributed by atoms with van der Waals surface area (Å²) >= 11 is 0. The van der Waals surface area contributed by atoms with E-state index in [1.54, 1.807) is 0 Å². The van der Waals surface area contributed by atoms with Crippen molar-refractivity contribution in [1.82, 2.24) is 9.78 Å². The zero-order valence-corrected chi connectivity index (χ0v) is 9.72. The van der Waals surface area contributed by atoms with Crippen molar-refractivity contribution >= 4 is 19.7 Å². The van der Waals surface area contributed by atoms with Crippen LogP contribution in [0.4, 0.5) is 0 Å². The summed E-state index contributed by atoms with van der Waals surface area (Å²) < 4.78 is 23.6. The molecule has 5 nitrogen and oxygen atoms in total. The Hall–Kier alpha value is -1.06. The van der Waals surface area contributed by atoms with Gasteiger partial charge in [0.1, 0.15) is 0 Å². The largest absolute Gasteiger partial charge is 0.278 e. The van der Waals surface area contributed by atoms with Crippen LogP contribution >= 0.6 is 10.7 Å². The summed E-state index contributed by atoms with van der Waals surface area (Å²) in [5.41, 5.74) is 0.646. The van der Waals surface area contributed by atoms with E-state index >= 15 is 0 Å². The molecule has 0 aromatic carbocycles. The Bertz CT molecular complexity index is 486. The molecule has 0 N–H and O–H groups in total. The van der Waals surface area contributed by atoms with Gasteiger partial charge in [-0.25, -0.2) is 8.42 Å². The van der Waals surface area contributed by atoms with Crippen LogP contribution in [-0.2, 0) is 22.0 Å². The molecule has 0 saturated carbocycles. The molecule has 0 aliphatic carbocycles. The molecule has 1 aromatic rings. The van der Waals surface area contributed by atoms with Crippen LogP contribution in [0.25, 0.3) is 0 Å². The van der Waals surface area contributed by atoms with Gasteiger partial charge in [-0.15, -0.1) is 0 Å². The topological polar surface area (TPSA) is 75.8 Å². The highest BCUT2D eigenvalue weighted by Crippen LogP contribution is 2.17. The van der Waals surface area contributed by atoms with Crippen LogP contribution in [0.2, 0.25) is 0 Å². The Morgan fingerprint density at radius 1 is 1.67 bits per heavy atom. The molecule has 15 heavy (non-hydrogen) atoms. The number of nitriles is 1. The van der Waals surface area contributed by atoms with Crippen LogP contribution < -0.4 is 0 Å². The van der Waals surface area contributed by atoms with Crippen LogP contribution in [0.1, 0.15) is 19.0 Å². The van der Waals surface area contributed by atoms with Crippen molar-refractivity contribution in [2.45, 2.75) is 31.3 Å².